The highest BCUT2D eigenvalue weighted by molar-refractivity contribution is 14.1. The monoisotopic (exact) mass is 311 g/mol. The van der Waals surface area contributed by atoms with Gasteiger partial charge in [0, 0.05) is 10.3 Å². The lowest BCUT2D eigenvalue weighted by molar-refractivity contribution is -0.174. The van der Waals surface area contributed by atoms with Crippen molar-refractivity contribution in [2.24, 2.45) is 17.3 Å². The van der Waals surface area contributed by atoms with Crippen LogP contribution >= 0.6 is 22.6 Å². The van der Waals surface area contributed by atoms with Crippen LogP contribution in [0.25, 0.3) is 0 Å². The third-order valence-electron chi connectivity index (χ3n) is 3.53. The number of hydrogen-bond donors (Lipinski definition) is 0. The van der Waals surface area contributed by atoms with Gasteiger partial charge >= 0.3 is 0 Å². The number of halogens is 1. The fraction of sp³-hybridized carbons (Fsp3) is 0.900. The molecule has 1 unspecified atom stereocenters. The van der Waals surface area contributed by atoms with Crippen molar-refractivity contribution in [3.63, 3.8) is 0 Å². The molecule has 0 aromatic heterocycles. The number of carbonyl (C=O) groups is 1. The topological polar surface area (TPSA) is 29.5 Å². The van der Waals surface area contributed by atoms with Crippen LogP contribution in [0.4, 0.5) is 0 Å². The minimum atomic E-state index is -0.253. The first-order valence-corrected chi connectivity index (χ1v) is 6.43. The Morgan fingerprint density at radius 1 is 1.71 bits per heavy atom. The van der Waals surface area contributed by atoms with E-state index in [0.29, 0.717) is 11.8 Å². The van der Waals surface area contributed by atoms with Gasteiger partial charge in [0.05, 0.1) is 19.1 Å². The molecular weight excluding hydrogens is 293 g/mol. The van der Waals surface area contributed by atoms with E-state index in [9.17, 15) is 4.79 Å². The summed E-state index contributed by atoms with van der Waals surface area (Å²) in [5, 5.41) is 1.50. The Kier molecular flexibility index (Phi) is 3.80. The lowest BCUT2D eigenvalue weighted by atomic mass is 9.72. The van der Waals surface area contributed by atoms with Crippen LogP contribution in [-0.2, 0) is 9.63 Å². The number of alkyl halides is 1. The first-order chi connectivity index (χ1) is 6.48. The van der Waals surface area contributed by atoms with Crippen molar-refractivity contribution in [2.45, 2.75) is 20.8 Å². The summed E-state index contributed by atoms with van der Waals surface area (Å²) in [6, 6.07) is 0. The summed E-state index contributed by atoms with van der Waals surface area (Å²) < 4.78 is 0.998. The predicted octanol–water partition coefficient (Wildman–Crippen LogP) is 2.10. The van der Waals surface area contributed by atoms with Crippen molar-refractivity contribution in [1.82, 2.24) is 5.06 Å². The van der Waals surface area contributed by atoms with Crippen LogP contribution in [0.5, 0.6) is 0 Å². The van der Waals surface area contributed by atoms with Gasteiger partial charge in [-0.05, 0) is 5.92 Å². The predicted molar refractivity (Wildman–Crippen MR) is 64.0 cm³/mol. The van der Waals surface area contributed by atoms with E-state index in [2.05, 4.69) is 43.4 Å². The van der Waals surface area contributed by atoms with E-state index in [1.54, 1.807) is 7.11 Å². The number of hydrogen-bond acceptors (Lipinski definition) is 2. The van der Waals surface area contributed by atoms with Gasteiger partial charge < -0.3 is 0 Å². The smallest absolute Gasteiger partial charge is 0.252 e. The van der Waals surface area contributed by atoms with Crippen molar-refractivity contribution in [1.29, 1.82) is 0 Å². The maximum absolute atomic E-state index is 12.1. The fourth-order valence-electron chi connectivity index (χ4n) is 2.00. The molecule has 82 valence electrons. The molecule has 1 fully saturated rings. The lowest BCUT2D eigenvalue weighted by Gasteiger charge is -2.31. The average molecular weight is 311 g/mol. The number of carbonyl (C=O) groups excluding carboxylic acids is 1. The van der Waals surface area contributed by atoms with E-state index in [0.717, 1.165) is 11.0 Å². The maximum atomic E-state index is 12.1. The van der Waals surface area contributed by atoms with Gasteiger partial charge in [-0.3, -0.25) is 9.63 Å². The van der Waals surface area contributed by atoms with E-state index in [1.807, 2.05) is 0 Å². The van der Waals surface area contributed by atoms with Crippen LogP contribution in [0.1, 0.15) is 20.8 Å². The van der Waals surface area contributed by atoms with E-state index in [-0.39, 0.29) is 11.3 Å². The molecule has 0 spiro atoms. The molecule has 0 bridgehead atoms. The van der Waals surface area contributed by atoms with Gasteiger partial charge in [-0.25, -0.2) is 5.06 Å². The third kappa shape index (κ3) is 1.66. The number of hydroxylamine groups is 2. The summed E-state index contributed by atoms with van der Waals surface area (Å²) in [5.41, 5.74) is -0.253. The number of nitrogens with zero attached hydrogens (tertiary/aromatic N) is 1. The molecule has 0 aliphatic carbocycles. The van der Waals surface area contributed by atoms with Crippen molar-refractivity contribution in [3.8, 4) is 0 Å². The first-order valence-electron chi connectivity index (χ1n) is 4.90. The van der Waals surface area contributed by atoms with Crippen molar-refractivity contribution in [2.75, 3.05) is 18.1 Å². The second-order valence-corrected chi connectivity index (χ2v) is 5.22. The second kappa shape index (κ2) is 4.35. The minimum Gasteiger partial charge on any atom is -0.274 e. The molecule has 0 radical (unpaired) electrons. The third-order valence-corrected chi connectivity index (χ3v) is 4.59. The minimum absolute atomic E-state index is 0.136. The summed E-state index contributed by atoms with van der Waals surface area (Å²) in [5.74, 6) is 0.891. The SMILES string of the molecule is CON1C[C@H](CI)C(C)(C(C)C)C1=O. The molecule has 1 saturated heterocycles. The molecule has 2 atom stereocenters. The molecule has 1 rings (SSSR count). The Morgan fingerprint density at radius 2 is 2.29 bits per heavy atom. The largest absolute Gasteiger partial charge is 0.274 e. The quantitative estimate of drug-likeness (QED) is 0.590. The molecule has 1 aliphatic rings. The second-order valence-electron chi connectivity index (χ2n) is 4.34. The molecular formula is C10H18INO2. The zero-order valence-corrected chi connectivity index (χ0v) is 11.4. The molecule has 1 heterocycles. The maximum Gasteiger partial charge on any atom is 0.252 e. The Bertz CT molecular complexity index is 232. The zero-order valence-electron chi connectivity index (χ0n) is 9.21. The molecule has 1 aliphatic heterocycles. The highest BCUT2D eigenvalue weighted by Gasteiger charge is 2.52. The molecule has 3 nitrogen and oxygen atoms in total. The Balaban J connectivity index is 2.96. The molecule has 0 N–H and O–H groups in total. The number of rotatable bonds is 3. The molecule has 0 aromatic carbocycles. The number of amides is 1. The van der Waals surface area contributed by atoms with Gasteiger partial charge in [-0.1, -0.05) is 43.4 Å². The highest BCUT2D eigenvalue weighted by atomic mass is 127. The normalized spacial score (nSPS) is 33.1. The van der Waals surface area contributed by atoms with Crippen LogP contribution in [0.2, 0.25) is 0 Å². The van der Waals surface area contributed by atoms with Gasteiger partial charge in [-0.15, -0.1) is 0 Å². The summed E-state index contributed by atoms with van der Waals surface area (Å²) in [4.78, 5) is 17.1. The van der Waals surface area contributed by atoms with E-state index >= 15 is 0 Å². The molecule has 1 amide bonds. The lowest BCUT2D eigenvalue weighted by Crippen LogP contribution is -2.38. The summed E-state index contributed by atoms with van der Waals surface area (Å²) >= 11 is 2.35. The molecule has 14 heavy (non-hydrogen) atoms. The zero-order chi connectivity index (χ0) is 10.9. The van der Waals surface area contributed by atoms with Crippen LogP contribution in [0.3, 0.4) is 0 Å². The van der Waals surface area contributed by atoms with E-state index in [4.69, 9.17) is 4.84 Å². The average Bonchev–Trinajstić information content (AvgIpc) is 2.41. The van der Waals surface area contributed by atoms with E-state index < -0.39 is 0 Å². The van der Waals surface area contributed by atoms with Crippen LogP contribution in [0.15, 0.2) is 0 Å². The van der Waals surface area contributed by atoms with Gasteiger partial charge in [0.2, 0.25) is 0 Å². The summed E-state index contributed by atoms with van der Waals surface area (Å²) in [6.07, 6.45) is 0. The Morgan fingerprint density at radius 3 is 2.57 bits per heavy atom. The van der Waals surface area contributed by atoms with Crippen molar-refractivity contribution < 1.29 is 9.63 Å². The van der Waals surface area contributed by atoms with Crippen LogP contribution in [-0.4, -0.2) is 29.1 Å². The highest BCUT2D eigenvalue weighted by Crippen LogP contribution is 2.43. The fourth-order valence-corrected chi connectivity index (χ4v) is 3.19. The Labute approximate surface area is 99.3 Å². The molecule has 0 aromatic rings. The van der Waals surface area contributed by atoms with Crippen molar-refractivity contribution in [3.05, 3.63) is 0 Å². The van der Waals surface area contributed by atoms with Crippen LogP contribution < -0.4 is 0 Å². The van der Waals surface area contributed by atoms with Gasteiger partial charge in [0.1, 0.15) is 0 Å². The summed E-state index contributed by atoms with van der Waals surface area (Å²) in [6.45, 7) is 7.00. The van der Waals surface area contributed by atoms with Gasteiger partial charge in [0.25, 0.3) is 5.91 Å². The standard InChI is InChI=1S/C10H18INO2/c1-7(2)10(3)8(5-11)6-12(14-4)9(10)13/h7-8H,5-6H2,1-4H3/t8-,10?/m0/s1. The Hall–Kier alpha value is 0.160. The first kappa shape index (κ1) is 12.2. The summed E-state index contributed by atoms with van der Waals surface area (Å²) in [7, 11) is 1.56. The molecule has 0 saturated carbocycles. The van der Waals surface area contributed by atoms with Crippen molar-refractivity contribution >= 4 is 28.5 Å². The van der Waals surface area contributed by atoms with E-state index in [1.165, 1.54) is 5.06 Å². The van der Waals surface area contributed by atoms with Gasteiger partial charge in [0.15, 0.2) is 0 Å². The molecule has 4 heteroatoms. The van der Waals surface area contributed by atoms with Gasteiger partial charge in [-0.2, -0.15) is 0 Å². The van der Waals surface area contributed by atoms with Crippen LogP contribution in [0, 0.1) is 17.3 Å².